The normalized spacial score (nSPS) is 16.2. The zero-order chi connectivity index (χ0) is 13.8. The van der Waals surface area contributed by atoms with Gasteiger partial charge in [-0.1, -0.05) is 6.07 Å². The molecule has 106 valence electrons. The highest BCUT2D eigenvalue weighted by atomic mass is 16.5. The van der Waals surface area contributed by atoms with Gasteiger partial charge in [0, 0.05) is 25.4 Å². The van der Waals surface area contributed by atoms with E-state index >= 15 is 0 Å². The van der Waals surface area contributed by atoms with Crippen molar-refractivity contribution in [2.45, 2.75) is 19.8 Å². The highest BCUT2D eigenvalue weighted by Crippen LogP contribution is 2.20. The van der Waals surface area contributed by atoms with Crippen LogP contribution in [0.3, 0.4) is 0 Å². The van der Waals surface area contributed by atoms with Crippen LogP contribution in [0.5, 0.6) is 0 Å². The molecule has 2 aromatic rings. The summed E-state index contributed by atoms with van der Waals surface area (Å²) in [5.74, 6) is 0.696. The van der Waals surface area contributed by atoms with Crippen molar-refractivity contribution in [3.63, 3.8) is 0 Å². The van der Waals surface area contributed by atoms with Crippen molar-refractivity contribution in [2.24, 2.45) is 5.92 Å². The maximum atomic E-state index is 5.38. The Balaban J connectivity index is 1.69. The second kappa shape index (κ2) is 6.00. The Morgan fingerprint density at radius 3 is 2.95 bits per heavy atom. The van der Waals surface area contributed by atoms with E-state index in [-0.39, 0.29) is 0 Å². The summed E-state index contributed by atoms with van der Waals surface area (Å²) in [7, 11) is 0. The number of nitrogens with zero attached hydrogens (tertiary/aromatic N) is 4. The molecule has 1 aromatic carbocycles. The summed E-state index contributed by atoms with van der Waals surface area (Å²) in [5.41, 5.74) is 3.26. The number of rotatable bonds is 4. The summed E-state index contributed by atoms with van der Waals surface area (Å²) >= 11 is 0. The Morgan fingerprint density at radius 2 is 2.20 bits per heavy atom. The second-order valence-electron chi connectivity index (χ2n) is 5.19. The lowest BCUT2D eigenvalue weighted by molar-refractivity contribution is 0.0699. The van der Waals surface area contributed by atoms with E-state index in [9.17, 15) is 0 Å². The Bertz CT molecular complexity index is 549. The highest BCUT2D eigenvalue weighted by Gasteiger charge is 2.13. The molecule has 0 amide bonds. The lowest BCUT2D eigenvalue weighted by atomic mass is 10.0. The van der Waals surface area contributed by atoms with Gasteiger partial charge >= 0.3 is 0 Å². The molecule has 0 radical (unpaired) electrons. The van der Waals surface area contributed by atoms with Crippen LogP contribution < -0.4 is 5.32 Å². The molecule has 0 saturated carbocycles. The van der Waals surface area contributed by atoms with Gasteiger partial charge in [0.15, 0.2) is 0 Å². The van der Waals surface area contributed by atoms with Crippen molar-refractivity contribution in [1.29, 1.82) is 0 Å². The molecular formula is C14H19N5O. The van der Waals surface area contributed by atoms with Crippen molar-refractivity contribution in [3.05, 3.63) is 30.1 Å². The number of aryl methyl sites for hydroxylation is 1. The predicted octanol–water partition coefficient (Wildman–Crippen LogP) is 1.81. The van der Waals surface area contributed by atoms with Crippen LogP contribution >= 0.6 is 0 Å². The zero-order valence-electron chi connectivity index (χ0n) is 11.6. The van der Waals surface area contributed by atoms with E-state index in [2.05, 4.69) is 46.0 Å². The van der Waals surface area contributed by atoms with Crippen LogP contribution in [-0.2, 0) is 4.74 Å². The molecule has 6 heteroatoms. The third-order valence-electron chi connectivity index (χ3n) is 3.74. The van der Waals surface area contributed by atoms with Crippen LogP contribution in [-0.4, -0.2) is 40.0 Å². The first kappa shape index (κ1) is 13.1. The van der Waals surface area contributed by atoms with Gasteiger partial charge in [0.2, 0.25) is 0 Å². The molecule has 0 spiro atoms. The van der Waals surface area contributed by atoms with Crippen molar-refractivity contribution in [1.82, 2.24) is 20.2 Å². The van der Waals surface area contributed by atoms with Crippen molar-refractivity contribution in [3.8, 4) is 5.69 Å². The van der Waals surface area contributed by atoms with Gasteiger partial charge in [-0.25, -0.2) is 4.68 Å². The first-order valence-corrected chi connectivity index (χ1v) is 6.98. The monoisotopic (exact) mass is 273 g/mol. The fraction of sp³-hybridized carbons (Fsp3) is 0.500. The SMILES string of the molecule is Cc1ccc(NCC2CCOCC2)cc1-n1cnnn1. The van der Waals surface area contributed by atoms with E-state index < -0.39 is 0 Å². The second-order valence-corrected chi connectivity index (χ2v) is 5.19. The number of aromatic nitrogens is 4. The summed E-state index contributed by atoms with van der Waals surface area (Å²) in [6.07, 6.45) is 3.89. The van der Waals surface area contributed by atoms with Crippen LogP contribution in [0.4, 0.5) is 5.69 Å². The quantitative estimate of drug-likeness (QED) is 0.920. The van der Waals surface area contributed by atoms with E-state index in [0.29, 0.717) is 5.92 Å². The van der Waals surface area contributed by atoms with Gasteiger partial charge in [0.1, 0.15) is 6.33 Å². The predicted molar refractivity (Wildman–Crippen MR) is 75.9 cm³/mol. The number of tetrazole rings is 1. The fourth-order valence-electron chi connectivity index (χ4n) is 2.45. The molecule has 20 heavy (non-hydrogen) atoms. The molecule has 1 aromatic heterocycles. The summed E-state index contributed by atoms with van der Waals surface area (Å²) < 4.78 is 7.07. The van der Waals surface area contributed by atoms with Crippen LogP contribution in [0.1, 0.15) is 18.4 Å². The zero-order valence-corrected chi connectivity index (χ0v) is 11.6. The smallest absolute Gasteiger partial charge is 0.143 e. The van der Waals surface area contributed by atoms with Gasteiger partial charge in [-0.2, -0.15) is 0 Å². The highest BCUT2D eigenvalue weighted by molar-refractivity contribution is 5.54. The number of ether oxygens (including phenoxy) is 1. The van der Waals surface area contributed by atoms with Gasteiger partial charge in [0.05, 0.1) is 5.69 Å². The topological polar surface area (TPSA) is 64.9 Å². The molecule has 0 aliphatic carbocycles. The van der Waals surface area contributed by atoms with Gasteiger partial charge in [0.25, 0.3) is 0 Å². The average Bonchev–Trinajstić information content (AvgIpc) is 3.01. The summed E-state index contributed by atoms with van der Waals surface area (Å²) in [6.45, 7) is 4.81. The third-order valence-corrected chi connectivity index (χ3v) is 3.74. The largest absolute Gasteiger partial charge is 0.385 e. The van der Waals surface area contributed by atoms with E-state index in [0.717, 1.165) is 49.5 Å². The maximum absolute atomic E-state index is 5.38. The molecular weight excluding hydrogens is 254 g/mol. The number of benzene rings is 1. The van der Waals surface area contributed by atoms with Crippen molar-refractivity contribution < 1.29 is 4.74 Å². The molecule has 1 aliphatic heterocycles. The van der Waals surface area contributed by atoms with Crippen molar-refractivity contribution >= 4 is 5.69 Å². The minimum Gasteiger partial charge on any atom is -0.385 e. The minimum absolute atomic E-state index is 0.696. The molecule has 1 saturated heterocycles. The molecule has 6 nitrogen and oxygen atoms in total. The molecule has 0 unspecified atom stereocenters. The first-order valence-electron chi connectivity index (χ1n) is 6.98. The summed E-state index contributed by atoms with van der Waals surface area (Å²) in [6, 6.07) is 6.27. The van der Waals surface area contributed by atoms with E-state index in [1.54, 1.807) is 11.0 Å². The summed E-state index contributed by atoms with van der Waals surface area (Å²) in [5, 5.41) is 14.8. The van der Waals surface area contributed by atoms with Crippen molar-refractivity contribution in [2.75, 3.05) is 25.1 Å². The molecule has 1 aliphatic rings. The van der Waals surface area contributed by atoms with E-state index in [4.69, 9.17) is 4.74 Å². The Kier molecular flexibility index (Phi) is 3.92. The lowest BCUT2D eigenvalue weighted by Gasteiger charge is -2.22. The molecule has 1 N–H and O–H groups in total. The third kappa shape index (κ3) is 2.96. The van der Waals surface area contributed by atoms with Crippen LogP contribution in [0.25, 0.3) is 5.69 Å². The molecule has 0 atom stereocenters. The van der Waals surface area contributed by atoms with Gasteiger partial charge in [-0.3, -0.25) is 0 Å². The van der Waals surface area contributed by atoms with Crippen LogP contribution in [0, 0.1) is 12.8 Å². The molecule has 3 rings (SSSR count). The summed E-state index contributed by atoms with van der Waals surface area (Å²) in [4.78, 5) is 0. The number of anilines is 1. The molecule has 1 fully saturated rings. The lowest BCUT2D eigenvalue weighted by Crippen LogP contribution is -2.22. The maximum Gasteiger partial charge on any atom is 0.143 e. The Hall–Kier alpha value is -1.95. The number of nitrogens with one attached hydrogen (secondary N) is 1. The molecule has 0 bridgehead atoms. The van der Waals surface area contributed by atoms with E-state index in [1.165, 1.54) is 0 Å². The number of hydrogen-bond donors (Lipinski definition) is 1. The Labute approximate surface area is 118 Å². The van der Waals surface area contributed by atoms with Crippen LogP contribution in [0.15, 0.2) is 24.5 Å². The van der Waals surface area contributed by atoms with Gasteiger partial charge < -0.3 is 10.1 Å². The minimum atomic E-state index is 0.696. The average molecular weight is 273 g/mol. The number of hydrogen-bond acceptors (Lipinski definition) is 5. The van der Waals surface area contributed by atoms with Gasteiger partial charge in [-0.15, -0.1) is 5.10 Å². The Morgan fingerprint density at radius 1 is 1.35 bits per heavy atom. The van der Waals surface area contributed by atoms with Crippen LogP contribution in [0.2, 0.25) is 0 Å². The first-order chi connectivity index (χ1) is 9.83. The van der Waals surface area contributed by atoms with E-state index in [1.807, 2.05) is 0 Å². The fourth-order valence-corrected chi connectivity index (χ4v) is 2.45. The van der Waals surface area contributed by atoms with Gasteiger partial charge in [-0.05, 0) is 53.8 Å². The molecule has 2 heterocycles. The standard InChI is InChI=1S/C14H19N5O/c1-11-2-3-13(8-14(11)19-10-16-17-18-19)15-9-12-4-6-20-7-5-12/h2-3,8,10,12,15H,4-7,9H2,1H3.